The second kappa shape index (κ2) is 8.35. The van der Waals surface area contributed by atoms with Gasteiger partial charge in [-0.15, -0.1) is 0 Å². The van der Waals surface area contributed by atoms with E-state index in [1.54, 1.807) is 27.7 Å². The van der Waals surface area contributed by atoms with Gasteiger partial charge in [0.05, 0.1) is 18.1 Å². The van der Waals surface area contributed by atoms with E-state index >= 15 is 0 Å². The molecule has 0 amide bonds. The molecule has 0 radical (unpaired) electrons. The Bertz CT molecular complexity index is 786. The summed E-state index contributed by atoms with van der Waals surface area (Å²) in [7, 11) is 0. The summed E-state index contributed by atoms with van der Waals surface area (Å²) in [6.45, 7) is 7.01. The van der Waals surface area contributed by atoms with Crippen molar-refractivity contribution in [2.24, 2.45) is 0 Å². The number of carbonyl (C=O) groups is 2. The fourth-order valence-corrected chi connectivity index (χ4v) is 2.72. The number of ether oxygens (including phenoxy) is 2. The monoisotopic (exact) mass is 375 g/mol. The molecule has 1 aromatic rings. The number of nitrogens with zero attached hydrogens (tertiary/aromatic N) is 2. The average Bonchev–Trinajstić information content (AvgIpc) is 2.61. The Balaban J connectivity index is 2.62. The Hall–Kier alpha value is -3.36. The Morgan fingerprint density at radius 3 is 1.81 bits per heavy atom. The number of anilines is 1. The third-order valence-electron chi connectivity index (χ3n) is 3.79. The molecular formula is C18H21N3O6. The third kappa shape index (κ3) is 4.08. The van der Waals surface area contributed by atoms with Gasteiger partial charge in [0.2, 0.25) is 0 Å². The van der Waals surface area contributed by atoms with Crippen LogP contribution in [0.2, 0.25) is 0 Å². The highest BCUT2D eigenvalue weighted by atomic mass is 16.6. The summed E-state index contributed by atoms with van der Waals surface area (Å²) < 4.78 is 10.3. The summed E-state index contributed by atoms with van der Waals surface area (Å²) in [5, 5.41) is 13.9. The van der Waals surface area contributed by atoms with Crippen molar-refractivity contribution >= 4 is 23.3 Å². The minimum absolute atomic E-state index is 0.106. The second-order valence-electron chi connectivity index (χ2n) is 5.62. The molecule has 144 valence electrons. The first-order chi connectivity index (χ1) is 12.8. The molecule has 0 aromatic heterocycles. The van der Waals surface area contributed by atoms with Gasteiger partial charge in [-0.1, -0.05) is 0 Å². The van der Waals surface area contributed by atoms with Gasteiger partial charge < -0.3 is 14.8 Å². The van der Waals surface area contributed by atoms with E-state index in [2.05, 4.69) is 5.32 Å². The van der Waals surface area contributed by atoms with Gasteiger partial charge >= 0.3 is 11.9 Å². The Morgan fingerprint density at radius 1 is 1.00 bits per heavy atom. The van der Waals surface area contributed by atoms with Crippen molar-refractivity contribution in [1.82, 2.24) is 5.32 Å². The molecule has 1 aliphatic heterocycles. The molecule has 1 aliphatic rings. The van der Waals surface area contributed by atoms with E-state index in [9.17, 15) is 19.7 Å². The van der Waals surface area contributed by atoms with Crippen LogP contribution in [0.25, 0.3) is 0 Å². The molecule has 0 aliphatic carbocycles. The zero-order chi connectivity index (χ0) is 20.1. The van der Waals surface area contributed by atoms with E-state index < -0.39 is 16.9 Å². The summed E-state index contributed by atoms with van der Waals surface area (Å²) in [5.74, 6) is -1.26. The Morgan fingerprint density at radius 2 is 1.44 bits per heavy atom. The largest absolute Gasteiger partial charge is 0.461 e. The maximum absolute atomic E-state index is 12.6. The van der Waals surface area contributed by atoms with Crippen molar-refractivity contribution in [3.8, 4) is 0 Å². The second-order valence-corrected chi connectivity index (χ2v) is 5.62. The highest BCUT2D eigenvalue weighted by Crippen LogP contribution is 2.33. The molecule has 27 heavy (non-hydrogen) atoms. The van der Waals surface area contributed by atoms with Crippen LogP contribution in [0.4, 0.5) is 11.4 Å². The maximum Gasteiger partial charge on any atom is 0.357 e. The van der Waals surface area contributed by atoms with Gasteiger partial charge in [0.1, 0.15) is 0 Å². The van der Waals surface area contributed by atoms with Crippen LogP contribution in [0.3, 0.4) is 0 Å². The Kier molecular flexibility index (Phi) is 6.17. The van der Waals surface area contributed by atoms with Crippen LogP contribution in [0.1, 0.15) is 27.7 Å². The number of benzene rings is 1. The molecule has 2 rings (SSSR count). The van der Waals surface area contributed by atoms with Crippen molar-refractivity contribution in [3.05, 3.63) is 57.2 Å². The van der Waals surface area contributed by atoms with Crippen molar-refractivity contribution < 1.29 is 24.0 Å². The normalized spacial score (nSPS) is 14.0. The highest BCUT2D eigenvalue weighted by molar-refractivity contribution is 6.03. The van der Waals surface area contributed by atoms with Gasteiger partial charge in [0.25, 0.3) is 5.69 Å². The molecule has 0 unspecified atom stereocenters. The van der Waals surface area contributed by atoms with Crippen LogP contribution >= 0.6 is 0 Å². The fraction of sp³-hybridized carbons (Fsp3) is 0.333. The van der Waals surface area contributed by atoms with Gasteiger partial charge in [-0.3, -0.25) is 15.0 Å². The van der Waals surface area contributed by atoms with E-state index in [1.165, 1.54) is 29.2 Å². The molecule has 1 N–H and O–H groups in total. The molecule has 0 fully saturated rings. The smallest absolute Gasteiger partial charge is 0.357 e. The predicted octanol–water partition coefficient (Wildman–Crippen LogP) is 2.59. The van der Waals surface area contributed by atoms with Gasteiger partial charge in [-0.05, 0) is 39.8 Å². The first kappa shape index (κ1) is 20.0. The summed E-state index contributed by atoms with van der Waals surface area (Å²) in [4.78, 5) is 36.9. The number of nitro groups is 1. The predicted molar refractivity (Wildman–Crippen MR) is 97.4 cm³/mol. The van der Waals surface area contributed by atoms with Crippen molar-refractivity contribution in [3.63, 3.8) is 0 Å². The molecule has 0 atom stereocenters. The summed E-state index contributed by atoms with van der Waals surface area (Å²) in [5.41, 5.74) is 1.48. The summed E-state index contributed by atoms with van der Waals surface area (Å²) in [6, 6.07) is 5.52. The zero-order valence-corrected chi connectivity index (χ0v) is 15.6. The van der Waals surface area contributed by atoms with Crippen molar-refractivity contribution in [1.29, 1.82) is 0 Å². The number of nitro benzene ring substituents is 1. The zero-order valence-electron chi connectivity index (χ0n) is 15.6. The molecule has 1 aromatic carbocycles. The van der Waals surface area contributed by atoms with Crippen LogP contribution in [0, 0.1) is 10.1 Å². The van der Waals surface area contributed by atoms with Gasteiger partial charge in [-0.25, -0.2) is 9.59 Å². The van der Waals surface area contributed by atoms with Crippen molar-refractivity contribution in [2.45, 2.75) is 27.7 Å². The fourth-order valence-electron chi connectivity index (χ4n) is 2.72. The van der Waals surface area contributed by atoms with E-state index in [-0.39, 0.29) is 30.3 Å². The lowest BCUT2D eigenvalue weighted by molar-refractivity contribution is -0.384. The molecular weight excluding hydrogens is 354 g/mol. The minimum Gasteiger partial charge on any atom is -0.461 e. The van der Waals surface area contributed by atoms with Crippen LogP contribution in [0.5, 0.6) is 0 Å². The maximum atomic E-state index is 12.6. The average molecular weight is 375 g/mol. The number of hydrogen-bond donors (Lipinski definition) is 1. The number of rotatable bonds is 6. The number of esters is 2. The van der Waals surface area contributed by atoms with E-state index in [1.807, 2.05) is 0 Å². The summed E-state index contributed by atoms with van der Waals surface area (Å²) >= 11 is 0. The number of non-ortho nitro benzene ring substituents is 1. The van der Waals surface area contributed by atoms with Gasteiger partial charge in [-0.2, -0.15) is 0 Å². The van der Waals surface area contributed by atoms with Crippen LogP contribution in [-0.2, 0) is 19.1 Å². The molecule has 9 nitrogen and oxygen atoms in total. The van der Waals surface area contributed by atoms with Gasteiger partial charge in [0, 0.05) is 29.2 Å². The summed E-state index contributed by atoms with van der Waals surface area (Å²) in [6.07, 6.45) is 0. The van der Waals surface area contributed by atoms with Crippen molar-refractivity contribution in [2.75, 3.05) is 18.1 Å². The number of allylic oxidation sites excluding steroid dienone is 2. The Labute approximate surface area is 156 Å². The lowest BCUT2D eigenvalue weighted by Crippen LogP contribution is -2.41. The van der Waals surface area contributed by atoms with Crippen LogP contribution in [-0.4, -0.2) is 30.1 Å². The number of carbonyl (C=O) groups excluding carboxylic acids is 2. The van der Waals surface area contributed by atoms with E-state index in [0.717, 1.165) is 0 Å². The quantitative estimate of drug-likeness (QED) is 0.459. The lowest BCUT2D eigenvalue weighted by atomic mass is 10.1. The standard InChI is InChI=1S/C18H21N3O6/c1-5-26-17(22)15-11(3)19-12(4)16(18(23)27-6-2)20(15)13-7-9-14(10-8-13)21(24)25/h7-10,19H,5-6H2,1-4H3. The first-order valence-electron chi connectivity index (χ1n) is 8.39. The molecule has 1 heterocycles. The third-order valence-corrected chi connectivity index (χ3v) is 3.79. The molecule has 0 spiro atoms. The minimum atomic E-state index is -0.629. The van der Waals surface area contributed by atoms with E-state index in [4.69, 9.17) is 9.47 Å². The highest BCUT2D eigenvalue weighted by Gasteiger charge is 2.35. The van der Waals surface area contributed by atoms with Crippen LogP contribution < -0.4 is 10.2 Å². The van der Waals surface area contributed by atoms with Crippen LogP contribution in [0.15, 0.2) is 47.1 Å². The lowest BCUT2D eigenvalue weighted by Gasteiger charge is -2.34. The molecule has 0 saturated heterocycles. The SMILES string of the molecule is CCOC(=O)C1=C(C)NC(C)=C(C(=O)OCC)N1c1ccc([N+](=O)[O-])cc1. The first-order valence-corrected chi connectivity index (χ1v) is 8.39. The molecule has 9 heteroatoms. The topological polar surface area (TPSA) is 111 Å². The number of hydrogen-bond acceptors (Lipinski definition) is 8. The number of nitrogens with one attached hydrogen (secondary N) is 1. The molecule has 0 saturated carbocycles. The van der Waals surface area contributed by atoms with Gasteiger partial charge in [0.15, 0.2) is 11.4 Å². The molecule has 0 bridgehead atoms. The van der Waals surface area contributed by atoms with E-state index in [0.29, 0.717) is 17.1 Å².